The van der Waals surface area contributed by atoms with E-state index in [0.717, 1.165) is 0 Å². The molecule has 2 rings (SSSR count). The monoisotopic (exact) mass is 263 g/mol. The van der Waals surface area contributed by atoms with E-state index in [4.69, 9.17) is 9.63 Å². The highest BCUT2D eigenvalue weighted by Crippen LogP contribution is 2.28. The van der Waals surface area contributed by atoms with Crippen molar-refractivity contribution in [3.63, 3.8) is 0 Å². The molecule has 1 atom stereocenters. The number of carboxylic acids is 1. The van der Waals surface area contributed by atoms with Crippen LogP contribution < -0.4 is 0 Å². The highest BCUT2D eigenvalue weighted by atomic mass is 16.6. The number of carbonyl (C=O) groups is 1. The third-order valence-electron chi connectivity index (χ3n) is 2.52. The Morgan fingerprint density at radius 1 is 1.47 bits per heavy atom. The number of aliphatic carboxylic acids is 1. The van der Waals surface area contributed by atoms with Crippen molar-refractivity contribution < 1.29 is 19.3 Å². The van der Waals surface area contributed by atoms with Crippen molar-refractivity contribution in [2.24, 2.45) is 0 Å². The molecule has 0 saturated carbocycles. The Labute approximate surface area is 106 Å². The van der Waals surface area contributed by atoms with Crippen LogP contribution in [-0.4, -0.2) is 26.1 Å². The number of nitrogens with zero attached hydrogens (tertiary/aromatic N) is 3. The molecule has 1 unspecified atom stereocenters. The van der Waals surface area contributed by atoms with Gasteiger partial charge in [0.15, 0.2) is 0 Å². The summed E-state index contributed by atoms with van der Waals surface area (Å²) in [5.74, 6) is -2.18. The third-order valence-corrected chi connectivity index (χ3v) is 2.52. The van der Waals surface area contributed by atoms with Gasteiger partial charge < -0.3 is 9.63 Å². The summed E-state index contributed by atoms with van der Waals surface area (Å²) in [7, 11) is 0. The first-order valence-corrected chi connectivity index (χ1v) is 5.31. The van der Waals surface area contributed by atoms with Gasteiger partial charge in [-0.1, -0.05) is 17.3 Å². The van der Waals surface area contributed by atoms with Gasteiger partial charge in [-0.3, -0.25) is 14.9 Å². The minimum Gasteiger partial charge on any atom is -0.481 e. The first-order valence-electron chi connectivity index (χ1n) is 5.31. The molecule has 1 heterocycles. The minimum atomic E-state index is -1.11. The number of rotatable bonds is 4. The van der Waals surface area contributed by atoms with E-state index in [9.17, 15) is 14.9 Å². The summed E-state index contributed by atoms with van der Waals surface area (Å²) in [6.07, 6.45) is 0. The van der Waals surface area contributed by atoms with Crippen LogP contribution in [0.2, 0.25) is 0 Å². The normalized spacial score (nSPS) is 12.1. The molecule has 19 heavy (non-hydrogen) atoms. The molecular weight excluding hydrogens is 254 g/mol. The predicted octanol–water partition coefficient (Wildman–Crippen LogP) is 1.83. The third kappa shape index (κ3) is 2.41. The minimum absolute atomic E-state index is 0.00426. The largest absolute Gasteiger partial charge is 0.481 e. The number of nitro benzene ring substituents is 1. The van der Waals surface area contributed by atoms with Crippen molar-refractivity contribution >= 4 is 11.7 Å². The van der Waals surface area contributed by atoms with Crippen molar-refractivity contribution in [2.45, 2.75) is 12.8 Å². The molecule has 0 radical (unpaired) electrons. The zero-order valence-electron chi connectivity index (χ0n) is 9.81. The van der Waals surface area contributed by atoms with Gasteiger partial charge in [-0.15, -0.1) is 0 Å². The number of nitro groups is 1. The zero-order valence-corrected chi connectivity index (χ0v) is 9.81. The Morgan fingerprint density at radius 3 is 2.79 bits per heavy atom. The van der Waals surface area contributed by atoms with E-state index < -0.39 is 16.8 Å². The SMILES string of the molecule is CC(C(=O)O)c1nc(-c2ccccc2[N+](=O)[O-])no1. The van der Waals surface area contributed by atoms with Gasteiger partial charge in [-0.05, 0) is 13.0 Å². The van der Waals surface area contributed by atoms with E-state index >= 15 is 0 Å². The van der Waals surface area contributed by atoms with Crippen LogP contribution in [0, 0.1) is 10.1 Å². The van der Waals surface area contributed by atoms with Crippen molar-refractivity contribution in [3.8, 4) is 11.4 Å². The van der Waals surface area contributed by atoms with E-state index in [-0.39, 0.29) is 23.0 Å². The number of aromatic nitrogens is 2. The number of para-hydroxylation sites is 1. The van der Waals surface area contributed by atoms with Gasteiger partial charge in [0.2, 0.25) is 11.7 Å². The fourth-order valence-electron chi connectivity index (χ4n) is 1.45. The summed E-state index contributed by atoms with van der Waals surface area (Å²) in [5, 5.41) is 23.3. The smallest absolute Gasteiger partial charge is 0.315 e. The first-order chi connectivity index (χ1) is 9.00. The molecular formula is C11H9N3O5. The first kappa shape index (κ1) is 12.7. The van der Waals surface area contributed by atoms with Crippen LogP contribution in [0.25, 0.3) is 11.4 Å². The summed E-state index contributed by atoms with van der Waals surface area (Å²) in [5.41, 5.74) is 0.0120. The highest BCUT2D eigenvalue weighted by molar-refractivity contribution is 5.74. The molecule has 0 saturated heterocycles. The van der Waals surface area contributed by atoms with Gasteiger partial charge in [0, 0.05) is 6.07 Å². The van der Waals surface area contributed by atoms with Crippen molar-refractivity contribution in [2.75, 3.05) is 0 Å². The van der Waals surface area contributed by atoms with Crippen molar-refractivity contribution in [1.29, 1.82) is 0 Å². The summed E-state index contributed by atoms with van der Waals surface area (Å²) in [6.45, 7) is 1.39. The molecule has 0 aliphatic carbocycles. The van der Waals surface area contributed by atoms with E-state index in [2.05, 4.69) is 10.1 Å². The molecule has 0 aliphatic rings. The van der Waals surface area contributed by atoms with Crippen LogP contribution in [0.4, 0.5) is 5.69 Å². The molecule has 0 spiro atoms. The second kappa shape index (κ2) is 4.84. The summed E-state index contributed by atoms with van der Waals surface area (Å²) in [4.78, 5) is 25.0. The molecule has 0 bridgehead atoms. The molecule has 1 aromatic carbocycles. The van der Waals surface area contributed by atoms with E-state index in [1.54, 1.807) is 6.07 Å². The van der Waals surface area contributed by atoms with E-state index in [1.165, 1.54) is 25.1 Å². The maximum atomic E-state index is 10.9. The van der Waals surface area contributed by atoms with Gasteiger partial charge >= 0.3 is 5.97 Å². The van der Waals surface area contributed by atoms with Crippen LogP contribution in [0.1, 0.15) is 18.7 Å². The number of carboxylic acid groups (broad SMARTS) is 1. The molecule has 1 N–H and O–H groups in total. The summed E-state index contributed by atoms with van der Waals surface area (Å²) >= 11 is 0. The van der Waals surface area contributed by atoms with Gasteiger partial charge in [0.1, 0.15) is 11.5 Å². The molecule has 0 fully saturated rings. The molecule has 1 aromatic heterocycles. The van der Waals surface area contributed by atoms with Crippen LogP contribution in [0.3, 0.4) is 0 Å². The molecule has 8 heteroatoms. The lowest BCUT2D eigenvalue weighted by atomic mass is 10.1. The van der Waals surface area contributed by atoms with E-state index in [0.29, 0.717) is 0 Å². The summed E-state index contributed by atoms with van der Waals surface area (Å²) < 4.78 is 4.81. The second-order valence-electron chi connectivity index (χ2n) is 3.79. The zero-order chi connectivity index (χ0) is 14.0. The Kier molecular flexibility index (Phi) is 3.23. The maximum absolute atomic E-state index is 10.9. The molecule has 8 nitrogen and oxygen atoms in total. The maximum Gasteiger partial charge on any atom is 0.315 e. The average Bonchev–Trinajstić information content (AvgIpc) is 2.87. The van der Waals surface area contributed by atoms with Gasteiger partial charge in [0.05, 0.1) is 4.92 Å². The quantitative estimate of drug-likeness (QED) is 0.659. The molecule has 0 amide bonds. The summed E-state index contributed by atoms with van der Waals surface area (Å²) in [6, 6.07) is 5.89. The lowest BCUT2D eigenvalue weighted by molar-refractivity contribution is -0.384. The standard InChI is InChI=1S/C11H9N3O5/c1-6(11(15)16)10-12-9(13-19-10)7-4-2-3-5-8(7)14(17)18/h2-6H,1H3,(H,15,16). The number of hydrogen-bond donors (Lipinski definition) is 1. The average molecular weight is 263 g/mol. The van der Waals surface area contributed by atoms with Gasteiger partial charge in [0.25, 0.3) is 5.69 Å². The van der Waals surface area contributed by atoms with Gasteiger partial charge in [-0.2, -0.15) is 4.98 Å². The topological polar surface area (TPSA) is 119 Å². The second-order valence-corrected chi connectivity index (χ2v) is 3.79. The fourth-order valence-corrected chi connectivity index (χ4v) is 1.45. The van der Waals surface area contributed by atoms with Crippen molar-refractivity contribution in [3.05, 3.63) is 40.3 Å². The Balaban J connectivity index is 2.44. The van der Waals surface area contributed by atoms with Crippen LogP contribution in [0.15, 0.2) is 28.8 Å². The molecule has 0 aliphatic heterocycles. The Bertz CT molecular complexity index is 637. The van der Waals surface area contributed by atoms with Crippen molar-refractivity contribution in [1.82, 2.24) is 10.1 Å². The lowest BCUT2D eigenvalue weighted by Gasteiger charge is -1.97. The molecule has 2 aromatic rings. The van der Waals surface area contributed by atoms with E-state index in [1.807, 2.05) is 0 Å². The highest BCUT2D eigenvalue weighted by Gasteiger charge is 2.24. The lowest BCUT2D eigenvalue weighted by Crippen LogP contribution is -2.07. The van der Waals surface area contributed by atoms with Crippen LogP contribution in [-0.2, 0) is 4.79 Å². The van der Waals surface area contributed by atoms with Crippen LogP contribution >= 0.6 is 0 Å². The number of hydrogen-bond acceptors (Lipinski definition) is 6. The van der Waals surface area contributed by atoms with Crippen LogP contribution in [0.5, 0.6) is 0 Å². The Hall–Kier alpha value is -2.77. The van der Waals surface area contributed by atoms with Gasteiger partial charge in [-0.25, -0.2) is 0 Å². The fraction of sp³-hybridized carbons (Fsp3) is 0.182. The Morgan fingerprint density at radius 2 is 2.16 bits per heavy atom. The molecule has 98 valence electrons. The number of benzene rings is 1. The predicted molar refractivity (Wildman–Crippen MR) is 62.4 cm³/mol.